The van der Waals surface area contributed by atoms with Crippen LogP contribution in [-0.2, 0) is 14.8 Å². The van der Waals surface area contributed by atoms with Gasteiger partial charge in [0, 0.05) is 42.8 Å². The standard InChI is InChI=1S/C27H29N7O4S/c1-34-23-13-6-5-8-19(23)17-30-27(25(34)35,20-9-3-2-4-10-20)32-26(36)31-21-11-7-12-22(16-21)39(37,38)33-24-18-28-14-15-29-24/h5-8,11-18,20H,2-4,9-10H2,1H3,(H,29,33)(H2,31,32,36). The van der Waals surface area contributed by atoms with Crippen LogP contribution in [0.1, 0.15) is 37.7 Å². The number of nitrogens with one attached hydrogen (secondary N) is 3. The summed E-state index contributed by atoms with van der Waals surface area (Å²) in [6, 6.07) is 12.6. The number of sulfonamides is 1. The van der Waals surface area contributed by atoms with Crippen molar-refractivity contribution in [2.24, 2.45) is 10.9 Å². The third-order valence-corrected chi connectivity index (χ3v) is 8.39. The number of rotatable bonds is 6. The molecule has 3 N–H and O–H groups in total. The highest BCUT2D eigenvalue weighted by Gasteiger charge is 2.49. The van der Waals surface area contributed by atoms with Crippen LogP contribution in [0.3, 0.4) is 0 Å². The van der Waals surface area contributed by atoms with Gasteiger partial charge in [-0.15, -0.1) is 0 Å². The third kappa shape index (κ3) is 5.46. The van der Waals surface area contributed by atoms with Crippen molar-refractivity contribution < 1.29 is 18.0 Å². The lowest BCUT2D eigenvalue weighted by Crippen LogP contribution is -2.63. The van der Waals surface area contributed by atoms with Crippen molar-refractivity contribution >= 4 is 45.4 Å². The number of fused-ring (bicyclic) bond motifs is 1. The molecule has 1 saturated carbocycles. The molecule has 1 atom stereocenters. The summed E-state index contributed by atoms with van der Waals surface area (Å²) in [5.41, 5.74) is 0.214. The van der Waals surface area contributed by atoms with Crippen molar-refractivity contribution in [2.75, 3.05) is 22.0 Å². The Morgan fingerprint density at radius 1 is 1.05 bits per heavy atom. The van der Waals surface area contributed by atoms with Crippen LogP contribution in [0.15, 0.2) is 77.0 Å². The molecule has 0 bridgehead atoms. The summed E-state index contributed by atoms with van der Waals surface area (Å²) < 4.78 is 28.1. The van der Waals surface area contributed by atoms with Gasteiger partial charge in [0.05, 0.1) is 16.8 Å². The molecule has 0 radical (unpaired) electrons. The first-order chi connectivity index (χ1) is 18.8. The number of carbonyl (C=O) groups is 2. The Hall–Kier alpha value is -4.32. The summed E-state index contributed by atoms with van der Waals surface area (Å²) >= 11 is 0. The van der Waals surface area contributed by atoms with E-state index in [0.717, 1.165) is 37.7 Å². The van der Waals surface area contributed by atoms with Crippen molar-refractivity contribution in [3.8, 4) is 0 Å². The number of aromatic nitrogens is 2. The lowest BCUT2D eigenvalue weighted by Gasteiger charge is -2.40. The zero-order valence-corrected chi connectivity index (χ0v) is 22.2. The Bertz CT molecular complexity index is 1510. The highest BCUT2D eigenvalue weighted by Crippen LogP contribution is 2.38. The van der Waals surface area contributed by atoms with E-state index < -0.39 is 21.7 Å². The summed E-state index contributed by atoms with van der Waals surface area (Å²) in [6.07, 6.45) is 10.2. The molecule has 12 heteroatoms. The lowest BCUT2D eigenvalue weighted by molar-refractivity contribution is -0.126. The molecule has 3 aromatic rings. The quantitative estimate of drug-likeness (QED) is 0.428. The largest absolute Gasteiger partial charge is 0.321 e. The molecule has 1 aliphatic carbocycles. The first-order valence-corrected chi connectivity index (χ1v) is 14.2. The molecule has 11 nitrogen and oxygen atoms in total. The van der Waals surface area contributed by atoms with Gasteiger partial charge in [0.2, 0.25) is 5.66 Å². The van der Waals surface area contributed by atoms with Crippen molar-refractivity contribution in [1.29, 1.82) is 0 Å². The maximum atomic E-state index is 13.9. The van der Waals surface area contributed by atoms with Crippen LogP contribution in [0, 0.1) is 5.92 Å². The van der Waals surface area contributed by atoms with E-state index in [1.807, 2.05) is 24.3 Å². The van der Waals surface area contributed by atoms with Gasteiger partial charge in [-0.3, -0.25) is 19.5 Å². The smallest absolute Gasteiger partial charge is 0.311 e. The molecule has 3 amide bonds. The van der Waals surface area contributed by atoms with E-state index in [9.17, 15) is 18.0 Å². The van der Waals surface area contributed by atoms with Crippen LogP contribution in [0.25, 0.3) is 0 Å². The molecule has 0 saturated heterocycles. The summed E-state index contributed by atoms with van der Waals surface area (Å²) in [7, 11) is -2.30. The van der Waals surface area contributed by atoms with Gasteiger partial charge < -0.3 is 15.5 Å². The van der Waals surface area contributed by atoms with Crippen molar-refractivity contribution in [3.63, 3.8) is 0 Å². The molecule has 1 aliphatic heterocycles. The van der Waals surface area contributed by atoms with Gasteiger partial charge in [-0.05, 0) is 37.1 Å². The number of hydrogen-bond donors (Lipinski definition) is 3. The molecule has 39 heavy (non-hydrogen) atoms. The van der Waals surface area contributed by atoms with Gasteiger partial charge in [-0.25, -0.2) is 18.2 Å². The zero-order valence-electron chi connectivity index (χ0n) is 21.4. The Kier molecular flexibility index (Phi) is 7.29. The van der Waals surface area contributed by atoms with E-state index >= 15 is 0 Å². The van der Waals surface area contributed by atoms with Gasteiger partial charge in [-0.2, -0.15) is 0 Å². The van der Waals surface area contributed by atoms with E-state index in [1.54, 1.807) is 24.2 Å². The number of urea groups is 1. The fourth-order valence-corrected chi connectivity index (χ4v) is 6.15. The summed E-state index contributed by atoms with van der Waals surface area (Å²) in [6.45, 7) is 0. The number of nitrogens with zero attached hydrogens (tertiary/aromatic N) is 4. The summed E-state index contributed by atoms with van der Waals surface area (Å²) in [5, 5.41) is 5.57. The Morgan fingerprint density at radius 2 is 1.85 bits per heavy atom. The van der Waals surface area contributed by atoms with Crippen LogP contribution in [-0.4, -0.2) is 49.2 Å². The number of hydrogen-bond acceptors (Lipinski definition) is 7. The second-order valence-corrected chi connectivity index (χ2v) is 11.3. The number of amides is 3. The first-order valence-electron chi connectivity index (χ1n) is 12.7. The van der Waals surface area contributed by atoms with Crippen molar-refractivity contribution in [2.45, 2.75) is 42.7 Å². The van der Waals surface area contributed by atoms with Gasteiger partial charge in [0.15, 0.2) is 5.82 Å². The lowest BCUT2D eigenvalue weighted by atomic mass is 9.79. The maximum Gasteiger partial charge on any atom is 0.321 e. The van der Waals surface area contributed by atoms with Gasteiger partial charge in [-0.1, -0.05) is 43.5 Å². The van der Waals surface area contributed by atoms with Crippen LogP contribution >= 0.6 is 0 Å². The van der Waals surface area contributed by atoms with E-state index in [2.05, 4.69) is 25.3 Å². The van der Waals surface area contributed by atoms with Crippen LogP contribution in [0.4, 0.5) is 22.0 Å². The topological polar surface area (TPSA) is 146 Å². The SMILES string of the molecule is CN1C(=O)C(NC(=O)Nc2cccc(S(=O)(=O)Nc3cnccn3)c2)(C2CCCCC2)N=Cc2ccccc21. The average molecular weight is 548 g/mol. The highest BCUT2D eigenvalue weighted by atomic mass is 32.2. The molecule has 202 valence electrons. The molecule has 2 heterocycles. The molecule has 1 unspecified atom stereocenters. The minimum Gasteiger partial charge on any atom is -0.311 e. The fraction of sp³-hybridized carbons (Fsp3) is 0.296. The van der Waals surface area contributed by atoms with Gasteiger partial charge >= 0.3 is 6.03 Å². The Balaban J connectivity index is 1.40. The minimum absolute atomic E-state index is 0.0675. The maximum absolute atomic E-state index is 13.9. The predicted molar refractivity (Wildman–Crippen MR) is 148 cm³/mol. The van der Waals surface area contributed by atoms with Gasteiger partial charge in [0.25, 0.3) is 15.9 Å². The van der Waals surface area contributed by atoms with Gasteiger partial charge in [0.1, 0.15) is 0 Å². The van der Waals surface area contributed by atoms with E-state index in [-0.39, 0.29) is 28.2 Å². The number of carbonyl (C=O) groups excluding carboxylic acids is 2. The summed E-state index contributed by atoms with van der Waals surface area (Å²) in [5.74, 6) is -0.450. The van der Waals surface area contributed by atoms with Crippen LogP contribution < -0.4 is 20.3 Å². The Labute approximate surface area is 226 Å². The number of likely N-dealkylation sites (N-methyl/N-ethyl adjacent to an activating group) is 1. The van der Waals surface area contributed by atoms with E-state index in [1.165, 1.54) is 36.8 Å². The predicted octanol–water partition coefficient (Wildman–Crippen LogP) is 3.77. The Morgan fingerprint density at radius 3 is 2.62 bits per heavy atom. The number of benzene rings is 2. The number of para-hydroxylation sites is 1. The van der Waals surface area contributed by atoms with E-state index in [0.29, 0.717) is 5.69 Å². The molecule has 1 fully saturated rings. The van der Waals surface area contributed by atoms with Crippen molar-refractivity contribution in [1.82, 2.24) is 15.3 Å². The second kappa shape index (κ2) is 10.8. The van der Waals surface area contributed by atoms with Crippen LogP contribution in [0.5, 0.6) is 0 Å². The minimum atomic E-state index is -3.99. The molecular weight excluding hydrogens is 518 g/mol. The normalized spacial score (nSPS) is 19.6. The zero-order chi connectivity index (χ0) is 27.5. The average Bonchev–Trinajstić information content (AvgIpc) is 3.05. The number of benzodiazepines with no additional fused rings is 1. The first kappa shape index (κ1) is 26.3. The molecule has 2 aliphatic rings. The number of anilines is 3. The second-order valence-electron chi connectivity index (χ2n) is 9.59. The summed E-state index contributed by atoms with van der Waals surface area (Å²) in [4.78, 5) is 41.3. The molecule has 1 aromatic heterocycles. The highest BCUT2D eigenvalue weighted by molar-refractivity contribution is 7.92. The molecule has 5 rings (SSSR count). The molecular formula is C27H29N7O4S. The molecule has 0 spiro atoms. The van der Waals surface area contributed by atoms with Crippen LogP contribution in [0.2, 0.25) is 0 Å². The third-order valence-electron chi connectivity index (χ3n) is 7.04. The van der Waals surface area contributed by atoms with E-state index in [4.69, 9.17) is 4.99 Å². The fourth-order valence-electron chi connectivity index (χ4n) is 5.11. The molecule has 2 aromatic carbocycles. The number of aliphatic imine (C=N–C) groups is 1. The monoisotopic (exact) mass is 547 g/mol. The van der Waals surface area contributed by atoms with Crippen molar-refractivity contribution in [3.05, 3.63) is 72.7 Å².